The van der Waals surface area contributed by atoms with Gasteiger partial charge >= 0.3 is 0 Å². The molecule has 1 atom stereocenters. The van der Waals surface area contributed by atoms with Crippen LogP contribution in [0.2, 0.25) is 0 Å². The van der Waals surface area contributed by atoms with E-state index in [9.17, 15) is 5.11 Å². The number of ether oxygens (including phenoxy) is 2. The van der Waals surface area contributed by atoms with Crippen LogP contribution < -0.4 is 9.47 Å². The molecule has 1 aromatic heterocycles. The van der Waals surface area contributed by atoms with Crippen molar-refractivity contribution in [2.24, 2.45) is 0 Å². The number of rotatable bonds is 7. The largest absolute Gasteiger partial charge is 0.490 e. The zero-order valence-corrected chi connectivity index (χ0v) is 11.8. The van der Waals surface area contributed by atoms with Gasteiger partial charge in [-0.3, -0.25) is 0 Å². The van der Waals surface area contributed by atoms with Gasteiger partial charge in [0, 0.05) is 18.8 Å². The van der Waals surface area contributed by atoms with Crippen LogP contribution in [0, 0.1) is 0 Å². The average molecular weight is 276 g/mol. The number of aliphatic hydroxyl groups is 1. The summed E-state index contributed by atoms with van der Waals surface area (Å²) in [5.74, 6) is 2.11. The molecule has 0 aliphatic rings. The lowest BCUT2D eigenvalue weighted by Gasteiger charge is -2.15. The first-order valence-corrected chi connectivity index (χ1v) is 6.80. The topological polar surface area (TPSA) is 67.4 Å². The van der Waals surface area contributed by atoms with Crippen molar-refractivity contribution in [2.75, 3.05) is 13.2 Å². The quantitative estimate of drug-likeness (QED) is 0.815. The summed E-state index contributed by atoms with van der Waals surface area (Å²) in [7, 11) is 0. The van der Waals surface area contributed by atoms with E-state index in [4.69, 9.17) is 9.47 Å². The summed E-state index contributed by atoms with van der Waals surface area (Å²) in [6, 6.07) is 5.50. The summed E-state index contributed by atoms with van der Waals surface area (Å²) >= 11 is 0. The summed E-state index contributed by atoms with van der Waals surface area (Å²) in [6.45, 7) is 4.98. The van der Waals surface area contributed by atoms with Gasteiger partial charge in [-0.05, 0) is 31.5 Å². The Labute approximate surface area is 118 Å². The molecule has 0 fully saturated rings. The van der Waals surface area contributed by atoms with E-state index in [1.54, 1.807) is 12.4 Å². The molecule has 5 heteroatoms. The van der Waals surface area contributed by atoms with E-state index in [0.29, 0.717) is 31.1 Å². The highest BCUT2D eigenvalue weighted by atomic mass is 16.5. The minimum atomic E-state index is -0.629. The maximum Gasteiger partial charge on any atom is 0.161 e. The van der Waals surface area contributed by atoms with E-state index < -0.39 is 6.10 Å². The van der Waals surface area contributed by atoms with Crippen molar-refractivity contribution >= 4 is 0 Å². The van der Waals surface area contributed by atoms with Crippen LogP contribution in [0.4, 0.5) is 0 Å². The number of hydrogen-bond donors (Lipinski definition) is 2. The molecule has 0 amide bonds. The van der Waals surface area contributed by atoms with Gasteiger partial charge in [-0.25, -0.2) is 4.98 Å². The van der Waals surface area contributed by atoms with Crippen molar-refractivity contribution in [3.05, 3.63) is 42.0 Å². The molecule has 0 radical (unpaired) electrons. The third-order valence-corrected chi connectivity index (χ3v) is 2.89. The van der Waals surface area contributed by atoms with Gasteiger partial charge in [0.2, 0.25) is 0 Å². The van der Waals surface area contributed by atoms with E-state index in [1.165, 1.54) is 0 Å². The van der Waals surface area contributed by atoms with E-state index in [0.717, 1.165) is 11.4 Å². The second-order valence-electron chi connectivity index (χ2n) is 4.33. The van der Waals surface area contributed by atoms with Crippen LogP contribution in [0.3, 0.4) is 0 Å². The highest BCUT2D eigenvalue weighted by molar-refractivity contribution is 5.43. The Morgan fingerprint density at radius 1 is 1.20 bits per heavy atom. The maximum atomic E-state index is 10.2. The van der Waals surface area contributed by atoms with Crippen LogP contribution in [-0.2, 0) is 6.42 Å². The first-order valence-electron chi connectivity index (χ1n) is 6.80. The first kappa shape index (κ1) is 14.4. The Hall–Kier alpha value is -2.01. The number of H-pyrrole nitrogens is 1. The van der Waals surface area contributed by atoms with Gasteiger partial charge in [0.25, 0.3) is 0 Å². The number of hydrogen-bond acceptors (Lipinski definition) is 4. The third kappa shape index (κ3) is 3.51. The summed E-state index contributed by atoms with van der Waals surface area (Å²) in [6.07, 6.45) is 3.22. The van der Waals surface area contributed by atoms with Crippen molar-refractivity contribution < 1.29 is 14.6 Å². The smallest absolute Gasteiger partial charge is 0.161 e. The SMILES string of the molecule is CCOc1ccc(C(O)Cc2ncc[nH]2)cc1OCC. The van der Waals surface area contributed by atoms with Crippen molar-refractivity contribution in [3.63, 3.8) is 0 Å². The summed E-state index contributed by atoms with van der Waals surface area (Å²) < 4.78 is 11.1. The Bertz CT molecular complexity index is 526. The van der Waals surface area contributed by atoms with Gasteiger partial charge in [-0.1, -0.05) is 6.07 Å². The van der Waals surface area contributed by atoms with E-state index in [2.05, 4.69) is 9.97 Å². The van der Waals surface area contributed by atoms with Crippen LogP contribution in [0.15, 0.2) is 30.6 Å². The Morgan fingerprint density at radius 2 is 1.95 bits per heavy atom. The molecular weight excluding hydrogens is 256 g/mol. The zero-order chi connectivity index (χ0) is 14.4. The number of nitrogens with zero attached hydrogens (tertiary/aromatic N) is 1. The average Bonchev–Trinajstić information content (AvgIpc) is 2.94. The fourth-order valence-corrected chi connectivity index (χ4v) is 1.99. The van der Waals surface area contributed by atoms with Crippen molar-refractivity contribution in [1.29, 1.82) is 0 Å². The molecule has 2 N–H and O–H groups in total. The third-order valence-electron chi connectivity index (χ3n) is 2.89. The second kappa shape index (κ2) is 6.96. The number of aromatic nitrogens is 2. The van der Waals surface area contributed by atoms with Gasteiger partial charge in [-0.15, -0.1) is 0 Å². The van der Waals surface area contributed by atoms with Gasteiger partial charge in [0.05, 0.1) is 19.3 Å². The highest BCUT2D eigenvalue weighted by Gasteiger charge is 2.13. The molecule has 2 aromatic rings. The zero-order valence-electron chi connectivity index (χ0n) is 11.8. The lowest BCUT2D eigenvalue weighted by atomic mass is 10.1. The minimum Gasteiger partial charge on any atom is -0.490 e. The fraction of sp³-hybridized carbons (Fsp3) is 0.400. The minimum absolute atomic E-state index is 0.437. The molecule has 1 aromatic carbocycles. The van der Waals surface area contributed by atoms with E-state index in [-0.39, 0.29) is 0 Å². The molecule has 20 heavy (non-hydrogen) atoms. The summed E-state index contributed by atoms with van der Waals surface area (Å²) in [5.41, 5.74) is 0.785. The van der Waals surface area contributed by atoms with Crippen molar-refractivity contribution in [1.82, 2.24) is 9.97 Å². The van der Waals surface area contributed by atoms with Gasteiger partial charge in [-0.2, -0.15) is 0 Å². The molecule has 0 saturated heterocycles. The van der Waals surface area contributed by atoms with Crippen molar-refractivity contribution in [3.8, 4) is 11.5 Å². The molecule has 0 saturated carbocycles. The van der Waals surface area contributed by atoms with Gasteiger partial charge in [0.15, 0.2) is 11.5 Å². The lowest BCUT2D eigenvalue weighted by molar-refractivity contribution is 0.175. The molecule has 2 rings (SSSR count). The number of aliphatic hydroxyl groups excluding tert-OH is 1. The standard InChI is InChI=1S/C15H20N2O3/c1-3-19-13-6-5-11(9-14(13)20-4-2)12(18)10-15-16-7-8-17-15/h5-9,12,18H,3-4,10H2,1-2H3,(H,16,17). The molecule has 0 spiro atoms. The molecule has 108 valence electrons. The number of aromatic amines is 1. The normalized spacial score (nSPS) is 12.2. The van der Waals surface area contributed by atoms with Crippen LogP contribution in [0.25, 0.3) is 0 Å². The fourth-order valence-electron chi connectivity index (χ4n) is 1.99. The molecule has 1 unspecified atom stereocenters. The molecule has 5 nitrogen and oxygen atoms in total. The highest BCUT2D eigenvalue weighted by Crippen LogP contribution is 2.31. The number of benzene rings is 1. The van der Waals surface area contributed by atoms with E-state index >= 15 is 0 Å². The number of nitrogens with one attached hydrogen (secondary N) is 1. The molecule has 0 aliphatic carbocycles. The number of imidazole rings is 1. The monoisotopic (exact) mass is 276 g/mol. The lowest BCUT2D eigenvalue weighted by Crippen LogP contribution is -2.05. The van der Waals surface area contributed by atoms with Gasteiger partial charge < -0.3 is 19.6 Å². The van der Waals surface area contributed by atoms with Crippen LogP contribution in [-0.4, -0.2) is 28.3 Å². The molecular formula is C15H20N2O3. The predicted octanol–water partition coefficient (Wildman–Crippen LogP) is 2.48. The van der Waals surface area contributed by atoms with Crippen molar-refractivity contribution in [2.45, 2.75) is 26.4 Å². The Kier molecular flexibility index (Phi) is 5.01. The van der Waals surface area contributed by atoms with E-state index in [1.807, 2.05) is 32.0 Å². The molecule has 1 heterocycles. The Balaban J connectivity index is 2.16. The van der Waals surface area contributed by atoms with Crippen LogP contribution in [0.1, 0.15) is 31.3 Å². The second-order valence-corrected chi connectivity index (χ2v) is 4.33. The van der Waals surface area contributed by atoms with Crippen LogP contribution >= 0.6 is 0 Å². The van der Waals surface area contributed by atoms with Gasteiger partial charge in [0.1, 0.15) is 5.82 Å². The first-order chi connectivity index (χ1) is 9.74. The Morgan fingerprint density at radius 3 is 2.60 bits per heavy atom. The molecule has 0 aliphatic heterocycles. The predicted molar refractivity (Wildman–Crippen MR) is 76.0 cm³/mol. The summed E-state index contributed by atoms with van der Waals surface area (Å²) in [4.78, 5) is 7.10. The maximum absolute atomic E-state index is 10.2. The van der Waals surface area contributed by atoms with Crippen LogP contribution in [0.5, 0.6) is 11.5 Å². The molecule has 0 bridgehead atoms. The summed E-state index contributed by atoms with van der Waals surface area (Å²) in [5, 5.41) is 10.2.